The SMILES string of the molecule is CN=C(NCc1cnn(C)c1)NC1CCN(c2ncccc2Cl)C1. The maximum Gasteiger partial charge on any atom is 0.191 e. The minimum absolute atomic E-state index is 0.308. The van der Waals surface area contributed by atoms with Crippen LogP contribution in [-0.4, -0.2) is 46.9 Å². The summed E-state index contributed by atoms with van der Waals surface area (Å²) in [5, 5.41) is 11.6. The highest BCUT2D eigenvalue weighted by molar-refractivity contribution is 6.32. The summed E-state index contributed by atoms with van der Waals surface area (Å²) >= 11 is 6.24. The minimum Gasteiger partial charge on any atom is -0.353 e. The van der Waals surface area contributed by atoms with E-state index in [0.29, 0.717) is 17.6 Å². The number of guanidine groups is 1. The Bertz CT molecular complexity index is 712. The third-order valence-corrected chi connectivity index (χ3v) is 4.30. The zero-order chi connectivity index (χ0) is 16.9. The molecule has 1 aliphatic heterocycles. The third-order valence-electron chi connectivity index (χ3n) is 4.01. The molecule has 0 aliphatic carbocycles. The van der Waals surface area contributed by atoms with Crippen LogP contribution >= 0.6 is 11.6 Å². The molecule has 8 heteroatoms. The second-order valence-corrected chi connectivity index (χ2v) is 6.24. The van der Waals surface area contributed by atoms with Crippen LogP contribution in [0.4, 0.5) is 5.82 Å². The fourth-order valence-corrected chi connectivity index (χ4v) is 3.06. The van der Waals surface area contributed by atoms with Gasteiger partial charge < -0.3 is 15.5 Å². The molecule has 0 amide bonds. The first-order valence-corrected chi connectivity index (χ1v) is 8.33. The highest BCUT2D eigenvalue weighted by Crippen LogP contribution is 2.25. The fourth-order valence-electron chi connectivity index (χ4n) is 2.82. The van der Waals surface area contributed by atoms with Gasteiger partial charge in [0, 0.05) is 57.7 Å². The number of aromatic nitrogens is 3. The number of nitrogens with zero attached hydrogens (tertiary/aromatic N) is 5. The number of aryl methyl sites for hydroxylation is 1. The molecule has 3 heterocycles. The average Bonchev–Trinajstić information content (AvgIpc) is 3.21. The maximum atomic E-state index is 6.24. The number of anilines is 1. The lowest BCUT2D eigenvalue weighted by molar-refractivity contribution is 0.648. The van der Waals surface area contributed by atoms with Crippen LogP contribution in [0.15, 0.2) is 35.7 Å². The van der Waals surface area contributed by atoms with Crippen molar-refractivity contribution >= 4 is 23.4 Å². The van der Waals surface area contributed by atoms with Crippen LogP contribution in [0.1, 0.15) is 12.0 Å². The summed E-state index contributed by atoms with van der Waals surface area (Å²) < 4.78 is 1.79. The van der Waals surface area contributed by atoms with Crippen LogP contribution in [0.3, 0.4) is 0 Å². The Morgan fingerprint density at radius 3 is 3.08 bits per heavy atom. The second kappa shape index (κ2) is 7.53. The molecule has 7 nitrogen and oxygen atoms in total. The molecule has 3 rings (SSSR count). The molecular weight excluding hydrogens is 326 g/mol. The van der Waals surface area contributed by atoms with E-state index in [0.717, 1.165) is 36.9 Å². The molecule has 24 heavy (non-hydrogen) atoms. The Kier molecular flexibility index (Phi) is 5.20. The van der Waals surface area contributed by atoms with Crippen LogP contribution in [0.5, 0.6) is 0 Å². The summed E-state index contributed by atoms with van der Waals surface area (Å²) in [6.07, 6.45) is 6.62. The average molecular weight is 348 g/mol. The van der Waals surface area contributed by atoms with Gasteiger partial charge in [-0.05, 0) is 18.6 Å². The lowest BCUT2D eigenvalue weighted by atomic mass is 10.3. The van der Waals surface area contributed by atoms with Crippen molar-refractivity contribution in [1.82, 2.24) is 25.4 Å². The number of hydrogen-bond donors (Lipinski definition) is 2. The molecule has 0 saturated carbocycles. The number of rotatable bonds is 4. The molecule has 0 bridgehead atoms. The van der Waals surface area contributed by atoms with E-state index in [-0.39, 0.29) is 0 Å². The Morgan fingerprint density at radius 2 is 2.38 bits per heavy atom. The molecule has 0 spiro atoms. The van der Waals surface area contributed by atoms with Crippen molar-refractivity contribution < 1.29 is 0 Å². The molecule has 2 aromatic heterocycles. The van der Waals surface area contributed by atoms with Gasteiger partial charge in [0.05, 0.1) is 11.2 Å². The molecule has 128 valence electrons. The predicted octanol–water partition coefficient (Wildman–Crippen LogP) is 1.41. The Balaban J connectivity index is 1.53. The first-order valence-electron chi connectivity index (χ1n) is 7.96. The van der Waals surface area contributed by atoms with Crippen molar-refractivity contribution in [3.63, 3.8) is 0 Å². The Labute approximate surface area is 146 Å². The zero-order valence-electron chi connectivity index (χ0n) is 13.9. The van der Waals surface area contributed by atoms with Crippen molar-refractivity contribution in [2.75, 3.05) is 25.0 Å². The summed E-state index contributed by atoms with van der Waals surface area (Å²) in [5.74, 6) is 1.64. The summed E-state index contributed by atoms with van der Waals surface area (Å²) in [6.45, 7) is 2.47. The van der Waals surface area contributed by atoms with Gasteiger partial charge in [-0.1, -0.05) is 11.6 Å². The van der Waals surface area contributed by atoms with Gasteiger partial charge >= 0.3 is 0 Å². The number of aliphatic imine (C=N–C) groups is 1. The van der Waals surface area contributed by atoms with Crippen LogP contribution in [0.25, 0.3) is 0 Å². The molecular formula is C16H22ClN7. The largest absolute Gasteiger partial charge is 0.353 e. The lowest BCUT2D eigenvalue weighted by Crippen LogP contribution is -2.44. The van der Waals surface area contributed by atoms with Crippen molar-refractivity contribution in [3.05, 3.63) is 41.3 Å². The van der Waals surface area contributed by atoms with E-state index >= 15 is 0 Å². The predicted molar refractivity (Wildman–Crippen MR) is 96.4 cm³/mol. The smallest absolute Gasteiger partial charge is 0.191 e. The quantitative estimate of drug-likeness (QED) is 0.646. The number of hydrogen-bond acceptors (Lipinski definition) is 4. The highest BCUT2D eigenvalue weighted by atomic mass is 35.5. The molecule has 1 fully saturated rings. The van der Waals surface area contributed by atoms with E-state index in [1.165, 1.54) is 0 Å². The maximum absolute atomic E-state index is 6.24. The Morgan fingerprint density at radius 1 is 1.50 bits per heavy atom. The number of halogens is 1. The molecule has 2 N–H and O–H groups in total. The van der Waals surface area contributed by atoms with Gasteiger partial charge in [-0.15, -0.1) is 0 Å². The summed E-state index contributed by atoms with van der Waals surface area (Å²) in [6, 6.07) is 4.03. The lowest BCUT2D eigenvalue weighted by Gasteiger charge is -2.20. The van der Waals surface area contributed by atoms with Crippen molar-refractivity contribution in [2.45, 2.75) is 19.0 Å². The van der Waals surface area contributed by atoms with Gasteiger partial charge in [0.25, 0.3) is 0 Å². The second-order valence-electron chi connectivity index (χ2n) is 5.83. The van der Waals surface area contributed by atoms with E-state index in [9.17, 15) is 0 Å². The van der Waals surface area contributed by atoms with Gasteiger partial charge in [0.15, 0.2) is 5.96 Å². The molecule has 1 aliphatic rings. The van der Waals surface area contributed by atoms with Crippen LogP contribution in [0, 0.1) is 0 Å². The molecule has 0 radical (unpaired) electrons. The van der Waals surface area contributed by atoms with Crippen molar-refractivity contribution in [2.24, 2.45) is 12.0 Å². The molecule has 1 unspecified atom stereocenters. The van der Waals surface area contributed by atoms with Crippen molar-refractivity contribution in [1.29, 1.82) is 0 Å². The first kappa shape index (κ1) is 16.6. The highest BCUT2D eigenvalue weighted by Gasteiger charge is 2.25. The standard InChI is InChI=1S/C16H22ClN7/c1-18-16(20-8-12-9-21-23(2)10-12)22-13-5-7-24(11-13)15-14(17)4-3-6-19-15/h3-4,6,9-10,13H,5,7-8,11H2,1-2H3,(H2,18,20,22). The van der Waals surface area contributed by atoms with Gasteiger partial charge in [-0.3, -0.25) is 9.67 Å². The van der Waals surface area contributed by atoms with Gasteiger partial charge in [0.1, 0.15) is 5.82 Å². The van der Waals surface area contributed by atoms with Crippen LogP contribution in [-0.2, 0) is 13.6 Å². The Hall–Kier alpha value is -2.28. The van der Waals surface area contributed by atoms with Gasteiger partial charge in [-0.2, -0.15) is 5.10 Å². The minimum atomic E-state index is 0.308. The van der Waals surface area contributed by atoms with E-state index in [1.54, 1.807) is 17.9 Å². The first-order chi connectivity index (χ1) is 11.7. The zero-order valence-corrected chi connectivity index (χ0v) is 14.7. The van der Waals surface area contributed by atoms with E-state index < -0.39 is 0 Å². The topological polar surface area (TPSA) is 70.4 Å². The van der Waals surface area contributed by atoms with Crippen LogP contribution in [0.2, 0.25) is 5.02 Å². The van der Waals surface area contributed by atoms with E-state index in [4.69, 9.17) is 11.6 Å². The van der Waals surface area contributed by atoms with Gasteiger partial charge in [0.2, 0.25) is 0 Å². The molecule has 0 aromatic carbocycles. The van der Waals surface area contributed by atoms with E-state index in [2.05, 4.69) is 30.6 Å². The third kappa shape index (κ3) is 3.97. The van der Waals surface area contributed by atoms with E-state index in [1.807, 2.05) is 31.6 Å². The molecule has 1 saturated heterocycles. The van der Waals surface area contributed by atoms with Crippen LogP contribution < -0.4 is 15.5 Å². The monoisotopic (exact) mass is 347 g/mol. The summed E-state index contributed by atoms with van der Waals surface area (Å²) in [5.41, 5.74) is 1.12. The summed E-state index contributed by atoms with van der Waals surface area (Å²) in [7, 11) is 3.69. The fraction of sp³-hybridized carbons (Fsp3) is 0.438. The molecule has 2 aromatic rings. The number of nitrogens with one attached hydrogen (secondary N) is 2. The van der Waals surface area contributed by atoms with Crippen molar-refractivity contribution in [3.8, 4) is 0 Å². The number of pyridine rings is 1. The normalized spacial score (nSPS) is 18.0. The molecule has 1 atom stereocenters. The summed E-state index contributed by atoms with van der Waals surface area (Å²) in [4.78, 5) is 10.9. The van der Waals surface area contributed by atoms with Gasteiger partial charge in [-0.25, -0.2) is 4.98 Å².